The van der Waals surface area contributed by atoms with Crippen molar-refractivity contribution in [3.8, 4) is 0 Å². The fourth-order valence-electron chi connectivity index (χ4n) is 3.50. The first-order valence-electron chi connectivity index (χ1n) is 8.06. The van der Waals surface area contributed by atoms with Crippen molar-refractivity contribution in [3.63, 3.8) is 0 Å². The Balaban J connectivity index is 1.50. The van der Waals surface area contributed by atoms with Crippen LogP contribution in [0.2, 0.25) is 0 Å². The van der Waals surface area contributed by atoms with Crippen molar-refractivity contribution in [3.05, 3.63) is 0 Å². The van der Waals surface area contributed by atoms with Gasteiger partial charge in [-0.3, -0.25) is 9.59 Å². The van der Waals surface area contributed by atoms with E-state index in [4.69, 9.17) is 4.74 Å². The van der Waals surface area contributed by atoms with Crippen molar-refractivity contribution in [1.29, 1.82) is 0 Å². The molecule has 0 aliphatic carbocycles. The largest absolute Gasteiger partial charge is 0.368 e. The molecule has 2 amide bonds. The molecule has 3 saturated heterocycles. The zero-order valence-electron chi connectivity index (χ0n) is 12.7. The van der Waals surface area contributed by atoms with E-state index in [2.05, 4.69) is 12.2 Å². The van der Waals surface area contributed by atoms with Gasteiger partial charge in [-0.1, -0.05) is 6.92 Å². The third kappa shape index (κ3) is 3.06. The number of carbonyl (C=O) groups excluding carboxylic acids is 2. The van der Waals surface area contributed by atoms with E-state index in [1.165, 1.54) is 0 Å². The molecule has 3 atom stereocenters. The number of hydrogen-bond acceptors (Lipinski definition) is 4. The van der Waals surface area contributed by atoms with Crippen molar-refractivity contribution in [2.45, 2.75) is 25.9 Å². The maximum atomic E-state index is 12.5. The second-order valence-corrected chi connectivity index (χ2v) is 6.39. The third-order valence-electron chi connectivity index (χ3n) is 4.94. The predicted octanol–water partition coefficient (Wildman–Crippen LogP) is -0.308. The molecule has 0 radical (unpaired) electrons. The Kier molecular flexibility index (Phi) is 4.45. The van der Waals surface area contributed by atoms with Crippen LogP contribution in [0.1, 0.15) is 19.8 Å². The van der Waals surface area contributed by atoms with Gasteiger partial charge < -0.3 is 19.9 Å². The number of hydrogen-bond donors (Lipinski definition) is 1. The van der Waals surface area contributed by atoms with Gasteiger partial charge in [0.05, 0.1) is 5.92 Å². The Morgan fingerprint density at radius 1 is 1.05 bits per heavy atom. The van der Waals surface area contributed by atoms with Crippen molar-refractivity contribution < 1.29 is 14.3 Å². The van der Waals surface area contributed by atoms with Gasteiger partial charge in [-0.05, 0) is 25.3 Å². The summed E-state index contributed by atoms with van der Waals surface area (Å²) in [5, 5.41) is 3.28. The molecule has 6 nitrogen and oxygen atoms in total. The van der Waals surface area contributed by atoms with E-state index in [0.717, 1.165) is 25.9 Å². The Bertz CT molecular complexity index is 401. The summed E-state index contributed by atoms with van der Waals surface area (Å²) in [5.74, 6) is 0.863. The lowest BCUT2D eigenvalue weighted by Gasteiger charge is -2.37. The van der Waals surface area contributed by atoms with Gasteiger partial charge in [-0.2, -0.15) is 0 Å². The second kappa shape index (κ2) is 6.32. The smallest absolute Gasteiger partial charge is 0.251 e. The Morgan fingerprint density at radius 3 is 2.24 bits per heavy atom. The summed E-state index contributed by atoms with van der Waals surface area (Å²) in [6.45, 7) is 7.11. The first-order valence-corrected chi connectivity index (χ1v) is 8.06. The Hall–Kier alpha value is -1.14. The maximum Gasteiger partial charge on any atom is 0.251 e. The average Bonchev–Trinajstić information content (AvgIpc) is 3.17. The van der Waals surface area contributed by atoms with E-state index in [0.29, 0.717) is 38.7 Å². The standard InChI is InChI=1S/C15H25N3O3/c1-11-9-16-10-12(11)14(19)17-4-6-18(7-5-17)15(20)13-3-2-8-21-13/h11-13,16H,2-10H2,1H3/t11-,12-,13?/m1/s1. The Morgan fingerprint density at radius 2 is 1.71 bits per heavy atom. The molecule has 0 spiro atoms. The molecule has 1 unspecified atom stereocenters. The summed E-state index contributed by atoms with van der Waals surface area (Å²) in [6.07, 6.45) is 1.57. The van der Waals surface area contributed by atoms with Crippen LogP contribution in [0.3, 0.4) is 0 Å². The molecule has 0 aromatic heterocycles. The van der Waals surface area contributed by atoms with Crippen LogP contribution in [0.4, 0.5) is 0 Å². The molecule has 1 N–H and O–H groups in total. The molecule has 3 heterocycles. The highest BCUT2D eigenvalue weighted by molar-refractivity contribution is 5.82. The minimum atomic E-state index is -0.244. The van der Waals surface area contributed by atoms with Crippen molar-refractivity contribution in [2.75, 3.05) is 45.9 Å². The van der Waals surface area contributed by atoms with Gasteiger partial charge in [-0.25, -0.2) is 0 Å². The zero-order valence-corrected chi connectivity index (χ0v) is 12.7. The number of amides is 2. The number of nitrogens with zero attached hydrogens (tertiary/aromatic N) is 2. The number of piperazine rings is 1. The number of ether oxygens (including phenoxy) is 1. The molecule has 6 heteroatoms. The summed E-state index contributed by atoms with van der Waals surface area (Å²) in [5.41, 5.74) is 0. The molecule has 0 aromatic carbocycles. The van der Waals surface area contributed by atoms with Crippen molar-refractivity contribution in [2.24, 2.45) is 11.8 Å². The Labute approximate surface area is 125 Å². The first kappa shape index (κ1) is 14.8. The molecule has 0 aromatic rings. The van der Waals surface area contributed by atoms with E-state index in [-0.39, 0.29) is 23.8 Å². The van der Waals surface area contributed by atoms with Crippen molar-refractivity contribution >= 4 is 11.8 Å². The quantitative estimate of drug-likeness (QED) is 0.759. The first-order chi connectivity index (χ1) is 10.2. The van der Waals surface area contributed by atoms with Gasteiger partial charge in [0.1, 0.15) is 6.10 Å². The molecule has 0 saturated carbocycles. The van der Waals surface area contributed by atoms with Crippen LogP contribution >= 0.6 is 0 Å². The van der Waals surface area contributed by atoms with E-state index >= 15 is 0 Å². The van der Waals surface area contributed by atoms with Gasteiger partial charge >= 0.3 is 0 Å². The van der Waals surface area contributed by atoms with Crippen LogP contribution in [0, 0.1) is 11.8 Å². The lowest BCUT2D eigenvalue weighted by Crippen LogP contribution is -2.54. The number of carbonyl (C=O) groups is 2. The highest BCUT2D eigenvalue weighted by Gasteiger charge is 2.36. The second-order valence-electron chi connectivity index (χ2n) is 6.39. The van der Waals surface area contributed by atoms with E-state index < -0.39 is 0 Å². The fourth-order valence-corrected chi connectivity index (χ4v) is 3.50. The highest BCUT2D eigenvalue weighted by Crippen LogP contribution is 2.20. The molecular formula is C15H25N3O3. The molecule has 3 rings (SSSR count). The maximum absolute atomic E-state index is 12.5. The minimum Gasteiger partial charge on any atom is -0.368 e. The average molecular weight is 295 g/mol. The third-order valence-corrected chi connectivity index (χ3v) is 4.94. The fraction of sp³-hybridized carbons (Fsp3) is 0.867. The summed E-state index contributed by atoms with van der Waals surface area (Å²) in [7, 11) is 0. The molecule has 0 bridgehead atoms. The van der Waals surface area contributed by atoms with Crippen LogP contribution < -0.4 is 5.32 Å². The lowest BCUT2D eigenvalue weighted by atomic mass is 9.96. The topological polar surface area (TPSA) is 61.9 Å². The molecule has 3 fully saturated rings. The number of rotatable bonds is 2. The van der Waals surface area contributed by atoms with E-state index in [1.54, 1.807) is 0 Å². The minimum absolute atomic E-state index is 0.102. The monoisotopic (exact) mass is 295 g/mol. The van der Waals surface area contributed by atoms with Crippen LogP contribution in [0.25, 0.3) is 0 Å². The normalized spacial score (nSPS) is 33.5. The SMILES string of the molecule is C[C@@H]1CNC[C@H]1C(=O)N1CCN(C(=O)C2CCCO2)CC1. The molecular weight excluding hydrogens is 270 g/mol. The molecule has 118 valence electrons. The van der Waals surface area contributed by atoms with Gasteiger partial charge in [-0.15, -0.1) is 0 Å². The van der Waals surface area contributed by atoms with E-state index in [9.17, 15) is 9.59 Å². The van der Waals surface area contributed by atoms with Crippen LogP contribution in [0.15, 0.2) is 0 Å². The van der Waals surface area contributed by atoms with Crippen molar-refractivity contribution in [1.82, 2.24) is 15.1 Å². The molecule has 3 aliphatic heterocycles. The van der Waals surface area contributed by atoms with E-state index in [1.807, 2.05) is 9.80 Å². The van der Waals surface area contributed by atoms with Gasteiger partial charge in [0.15, 0.2) is 0 Å². The summed E-state index contributed by atoms with van der Waals surface area (Å²) < 4.78 is 5.46. The van der Waals surface area contributed by atoms with Gasteiger partial charge in [0.2, 0.25) is 5.91 Å². The zero-order chi connectivity index (χ0) is 14.8. The highest BCUT2D eigenvalue weighted by atomic mass is 16.5. The molecule has 21 heavy (non-hydrogen) atoms. The van der Waals surface area contributed by atoms with Crippen LogP contribution in [0.5, 0.6) is 0 Å². The van der Waals surface area contributed by atoms with Gasteiger partial charge in [0.25, 0.3) is 5.91 Å². The van der Waals surface area contributed by atoms with Crippen LogP contribution in [-0.2, 0) is 14.3 Å². The summed E-state index contributed by atoms with van der Waals surface area (Å²) >= 11 is 0. The molecule has 3 aliphatic rings. The predicted molar refractivity (Wildman–Crippen MR) is 77.7 cm³/mol. The summed E-state index contributed by atoms with van der Waals surface area (Å²) in [6, 6.07) is 0. The number of nitrogens with one attached hydrogen (secondary N) is 1. The summed E-state index contributed by atoms with van der Waals surface area (Å²) in [4.78, 5) is 28.6. The lowest BCUT2D eigenvalue weighted by molar-refractivity contribution is -0.147. The van der Waals surface area contributed by atoms with Crippen LogP contribution in [-0.4, -0.2) is 73.6 Å². The van der Waals surface area contributed by atoms with Gasteiger partial charge in [0, 0.05) is 39.3 Å².